The molecule has 0 fully saturated rings. The minimum Gasteiger partial charge on any atom is -0.260 e. The molecule has 0 amide bonds. The van der Waals surface area contributed by atoms with Gasteiger partial charge in [-0.25, -0.2) is 9.97 Å². The maximum atomic E-state index is 15.7. The van der Waals surface area contributed by atoms with Gasteiger partial charge in [-0.1, -0.05) is 151 Å². The lowest BCUT2D eigenvalue weighted by molar-refractivity contribution is -0.135. The summed E-state index contributed by atoms with van der Waals surface area (Å²) in [5, 5.41) is 0.818. The number of hydrogen-bond donors (Lipinski definition) is 0. The molecule has 2 atom stereocenters. The van der Waals surface area contributed by atoms with E-state index >= 15 is 13.2 Å². The highest BCUT2D eigenvalue weighted by molar-refractivity contribution is 6.06. The highest BCUT2D eigenvalue weighted by atomic mass is 19.4. The minimum atomic E-state index is -4.74. The van der Waals surface area contributed by atoms with E-state index in [0.29, 0.717) is 27.7 Å². The van der Waals surface area contributed by atoms with Gasteiger partial charge >= 0.3 is 6.18 Å². The Balaban J connectivity index is 1.22. The van der Waals surface area contributed by atoms with Crippen LogP contribution < -0.4 is 0 Å². The molecule has 3 aromatic heterocycles. The second kappa shape index (κ2) is 16.4. The summed E-state index contributed by atoms with van der Waals surface area (Å²) in [5.74, 6) is 0.201. The number of aryl methyl sites for hydroxylation is 1. The minimum absolute atomic E-state index is 0.0737. The van der Waals surface area contributed by atoms with Crippen LogP contribution in [-0.4, -0.2) is 19.9 Å². The smallest absolute Gasteiger partial charge is 0.260 e. The van der Waals surface area contributed by atoms with Crippen molar-refractivity contribution in [3.05, 3.63) is 252 Å². The van der Waals surface area contributed by atoms with Crippen molar-refractivity contribution in [1.82, 2.24) is 19.9 Å². The van der Waals surface area contributed by atoms with Gasteiger partial charge in [0.05, 0.1) is 39.0 Å². The molecule has 7 heteroatoms. The molecule has 0 saturated heterocycles. The van der Waals surface area contributed by atoms with Crippen LogP contribution in [0.3, 0.4) is 0 Å². The van der Waals surface area contributed by atoms with Crippen molar-refractivity contribution in [1.29, 1.82) is 0 Å². The molecule has 0 saturated carbocycles. The summed E-state index contributed by atoms with van der Waals surface area (Å²) in [6, 6.07) is 63.2. The van der Waals surface area contributed by atoms with Crippen molar-refractivity contribution < 1.29 is 13.2 Å². The summed E-state index contributed by atoms with van der Waals surface area (Å²) in [6.45, 7) is 6.11. The van der Waals surface area contributed by atoms with Gasteiger partial charge in [-0.05, 0) is 119 Å². The first-order valence-corrected chi connectivity index (χ1v) is 21.6. The molecule has 10 aromatic rings. The highest BCUT2D eigenvalue weighted by Gasteiger charge is 2.41. The molecule has 0 aliphatic carbocycles. The van der Waals surface area contributed by atoms with Crippen LogP contribution >= 0.6 is 0 Å². The Morgan fingerprint density at radius 2 is 0.969 bits per heavy atom. The van der Waals surface area contributed by atoms with Crippen LogP contribution in [0.5, 0.6) is 0 Å². The van der Waals surface area contributed by atoms with Gasteiger partial charge in [0.15, 0.2) is 0 Å². The number of alkyl halides is 3. The molecule has 0 aliphatic heterocycles. The third kappa shape index (κ3) is 7.43. The number of nitrogens with zero attached hydrogens (tertiary/aromatic N) is 4. The molecule has 7 aromatic carbocycles. The molecule has 65 heavy (non-hydrogen) atoms. The van der Waals surface area contributed by atoms with Crippen LogP contribution in [0.25, 0.3) is 55.2 Å². The second-order valence-corrected chi connectivity index (χ2v) is 16.9. The summed E-state index contributed by atoms with van der Waals surface area (Å²) in [4.78, 5) is 20.1. The quantitative estimate of drug-likeness (QED) is 0.136. The van der Waals surface area contributed by atoms with Gasteiger partial charge in [0.1, 0.15) is 5.82 Å². The van der Waals surface area contributed by atoms with E-state index in [0.717, 1.165) is 50.2 Å². The van der Waals surface area contributed by atoms with Crippen molar-refractivity contribution in [2.45, 2.75) is 37.8 Å². The molecule has 0 bridgehead atoms. The molecule has 0 spiro atoms. The number of pyridine rings is 2. The van der Waals surface area contributed by atoms with Crippen LogP contribution in [-0.2, 0) is 17.0 Å². The lowest BCUT2D eigenvalue weighted by atomic mass is 9.72. The Kier molecular flexibility index (Phi) is 10.4. The average molecular weight is 853 g/mol. The number of rotatable bonds is 9. The second-order valence-electron chi connectivity index (χ2n) is 16.9. The van der Waals surface area contributed by atoms with Gasteiger partial charge in [0, 0.05) is 23.3 Å². The van der Waals surface area contributed by atoms with Crippen molar-refractivity contribution in [2.75, 3.05) is 0 Å². The third-order valence-electron chi connectivity index (χ3n) is 12.8. The Labute approximate surface area is 376 Å². The van der Waals surface area contributed by atoms with Gasteiger partial charge < -0.3 is 0 Å². The topological polar surface area (TPSA) is 51.6 Å². The van der Waals surface area contributed by atoms with Crippen LogP contribution in [0, 0.1) is 6.92 Å². The van der Waals surface area contributed by atoms with Gasteiger partial charge in [0.2, 0.25) is 0 Å². The van der Waals surface area contributed by atoms with Crippen LogP contribution in [0.1, 0.15) is 58.9 Å². The zero-order chi connectivity index (χ0) is 44.8. The van der Waals surface area contributed by atoms with E-state index in [-0.39, 0.29) is 16.7 Å². The van der Waals surface area contributed by atoms with E-state index in [1.807, 2.05) is 105 Å². The fourth-order valence-corrected chi connectivity index (χ4v) is 9.31. The molecule has 2 unspecified atom stereocenters. The van der Waals surface area contributed by atoms with Gasteiger partial charge in [-0.2, -0.15) is 13.2 Å². The van der Waals surface area contributed by atoms with Gasteiger partial charge in [0.25, 0.3) is 0 Å². The zero-order valence-corrected chi connectivity index (χ0v) is 36.1. The Morgan fingerprint density at radius 3 is 1.63 bits per heavy atom. The highest BCUT2D eigenvalue weighted by Crippen LogP contribution is 2.46. The van der Waals surface area contributed by atoms with E-state index in [9.17, 15) is 0 Å². The van der Waals surface area contributed by atoms with Gasteiger partial charge in [-0.3, -0.25) is 9.97 Å². The average Bonchev–Trinajstić information content (AvgIpc) is 3.35. The molecular formula is C58H43F3N4. The largest absolute Gasteiger partial charge is 0.419 e. The fraction of sp³-hybridized carbons (Fsp3) is 0.103. The van der Waals surface area contributed by atoms with Crippen molar-refractivity contribution in [3.63, 3.8) is 0 Å². The van der Waals surface area contributed by atoms with Crippen molar-refractivity contribution in [3.8, 4) is 33.5 Å². The standard InChI is InChI=1S/C58H43F3N4/c1-38-33-44(36-47(34-38)56(2,50-25-12-14-31-62-50)46-23-16-20-42(35-46)41-29-27-40(28-30-41)39-17-6-4-7-18-39)53-49-37-43-19-10-11-24-48(43)52(58(59,60)61)54(49)65-55(64-53)57(3,45-21-8-5-9-22-45)51-26-13-15-32-63-51/h4-37H,1-3H3. The number of aromatic nitrogens is 4. The van der Waals surface area contributed by atoms with E-state index in [4.69, 9.17) is 19.9 Å². The molecule has 3 heterocycles. The lowest BCUT2D eigenvalue weighted by Gasteiger charge is -2.32. The predicted octanol–water partition coefficient (Wildman–Crippen LogP) is 14.6. The molecule has 0 radical (unpaired) electrons. The van der Waals surface area contributed by atoms with Crippen molar-refractivity contribution in [2.24, 2.45) is 0 Å². The summed E-state index contributed by atoms with van der Waals surface area (Å²) in [7, 11) is 0. The Bertz CT molecular complexity index is 3280. The third-order valence-corrected chi connectivity index (χ3v) is 12.8. The molecular weight excluding hydrogens is 810 g/mol. The maximum Gasteiger partial charge on any atom is 0.419 e. The number of fused-ring (bicyclic) bond motifs is 2. The Hall–Kier alpha value is -7.77. The number of halogens is 3. The summed E-state index contributed by atoms with van der Waals surface area (Å²) < 4.78 is 47.1. The first-order valence-electron chi connectivity index (χ1n) is 21.6. The van der Waals surface area contributed by atoms with Crippen LogP contribution in [0.4, 0.5) is 13.2 Å². The SMILES string of the molecule is Cc1cc(-c2nc(C(C)(c3ccccc3)c3ccccn3)nc3c(C(F)(F)F)c4ccccc4cc23)cc(C(C)(c2cccc(-c3ccc(-c4ccccc4)cc3)c2)c2ccccn2)c1. The molecule has 10 rings (SSSR count). The summed E-state index contributed by atoms with van der Waals surface area (Å²) in [5.41, 5.74) is 7.55. The van der Waals surface area contributed by atoms with Crippen molar-refractivity contribution >= 4 is 21.7 Å². The number of benzene rings is 7. The van der Waals surface area contributed by atoms with Crippen LogP contribution in [0.2, 0.25) is 0 Å². The monoisotopic (exact) mass is 852 g/mol. The molecule has 0 N–H and O–H groups in total. The lowest BCUT2D eigenvalue weighted by Crippen LogP contribution is -2.30. The first-order chi connectivity index (χ1) is 31.5. The normalized spacial score (nSPS) is 13.6. The first kappa shape index (κ1) is 41.3. The van der Waals surface area contributed by atoms with E-state index in [2.05, 4.69) is 79.7 Å². The maximum absolute atomic E-state index is 15.7. The van der Waals surface area contributed by atoms with E-state index < -0.39 is 22.6 Å². The van der Waals surface area contributed by atoms with E-state index in [1.165, 1.54) is 6.07 Å². The van der Waals surface area contributed by atoms with Crippen LogP contribution in [0.15, 0.2) is 207 Å². The summed E-state index contributed by atoms with van der Waals surface area (Å²) in [6.07, 6.45) is -1.25. The Morgan fingerprint density at radius 1 is 0.415 bits per heavy atom. The molecule has 4 nitrogen and oxygen atoms in total. The fourth-order valence-electron chi connectivity index (χ4n) is 9.31. The molecule has 0 aliphatic rings. The predicted molar refractivity (Wildman–Crippen MR) is 256 cm³/mol. The zero-order valence-electron chi connectivity index (χ0n) is 36.1. The van der Waals surface area contributed by atoms with E-state index in [1.54, 1.807) is 36.7 Å². The summed E-state index contributed by atoms with van der Waals surface area (Å²) >= 11 is 0. The van der Waals surface area contributed by atoms with Gasteiger partial charge in [-0.15, -0.1) is 0 Å². The molecule has 316 valence electrons. The number of hydrogen-bond acceptors (Lipinski definition) is 4.